The molecule has 0 amide bonds. The van der Waals surface area contributed by atoms with Crippen LogP contribution in [0.4, 0.5) is 0 Å². The fourth-order valence-electron chi connectivity index (χ4n) is 0.729. The van der Waals surface area contributed by atoms with Crippen molar-refractivity contribution in [1.29, 1.82) is 0 Å². The zero-order valence-electron chi connectivity index (χ0n) is 9.74. The Morgan fingerprint density at radius 3 is 2.21 bits per heavy atom. The van der Waals surface area contributed by atoms with Gasteiger partial charge in [-0.3, -0.25) is 0 Å². The Morgan fingerprint density at radius 2 is 1.79 bits per heavy atom. The summed E-state index contributed by atoms with van der Waals surface area (Å²) < 4.78 is 15.8. The van der Waals surface area contributed by atoms with Crippen molar-refractivity contribution in [3.05, 3.63) is 0 Å². The smallest absolute Gasteiger partial charge is 0.162 e. The molecule has 4 nitrogen and oxygen atoms in total. The summed E-state index contributed by atoms with van der Waals surface area (Å²) in [7, 11) is 1.60. The molecule has 0 aliphatic carbocycles. The Labute approximate surface area is 86.2 Å². The predicted molar refractivity (Wildman–Crippen MR) is 54.1 cm³/mol. The molecule has 0 aliphatic heterocycles. The Kier molecular flexibility index (Phi) is 6.27. The normalized spacial score (nSPS) is 16.7. The van der Waals surface area contributed by atoms with Crippen molar-refractivity contribution in [3.8, 4) is 0 Å². The first-order chi connectivity index (χ1) is 6.37. The molecule has 2 atom stereocenters. The molecular weight excluding hydrogens is 184 g/mol. The van der Waals surface area contributed by atoms with Crippen LogP contribution >= 0.6 is 0 Å². The molecule has 0 aliphatic rings. The molecular formula is C10H22O4. The van der Waals surface area contributed by atoms with Crippen LogP contribution in [0.2, 0.25) is 0 Å². The molecule has 0 rings (SSSR count). The van der Waals surface area contributed by atoms with Crippen molar-refractivity contribution in [1.82, 2.24) is 0 Å². The van der Waals surface area contributed by atoms with E-state index in [9.17, 15) is 0 Å². The number of aliphatic hydroxyl groups excluding tert-OH is 1. The summed E-state index contributed by atoms with van der Waals surface area (Å²) in [4.78, 5) is 0. The largest absolute Gasteiger partial charge is 0.391 e. The second-order valence-electron chi connectivity index (χ2n) is 3.91. The maximum absolute atomic E-state index is 8.99. The summed E-state index contributed by atoms with van der Waals surface area (Å²) in [5.74, 6) is -0.581. The molecule has 1 N–H and O–H groups in total. The van der Waals surface area contributed by atoms with Gasteiger partial charge in [-0.1, -0.05) is 0 Å². The number of aliphatic hydroxyl groups is 1. The summed E-state index contributed by atoms with van der Waals surface area (Å²) >= 11 is 0. The summed E-state index contributed by atoms with van der Waals surface area (Å²) in [6.45, 7) is 8.05. The molecule has 0 heterocycles. The van der Waals surface area contributed by atoms with E-state index >= 15 is 0 Å². The average Bonchev–Trinajstić information content (AvgIpc) is 2.11. The highest BCUT2D eigenvalue weighted by molar-refractivity contribution is 4.56. The van der Waals surface area contributed by atoms with Crippen LogP contribution in [-0.4, -0.2) is 43.4 Å². The van der Waals surface area contributed by atoms with Gasteiger partial charge in [0.25, 0.3) is 0 Å². The number of hydrogen-bond donors (Lipinski definition) is 1. The van der Waals surface area contributed by atoms with E-state index in [0.717, 1.165) is 0 Å². The number of hydrogen-bond acceptors (Lipinski definition) is 4. The summed E-state index contributed by atoms with van der Waals surface area (Å²) in [6.07, 6.45) is -0.480. The van der Waals surface area contributed by atoms with E-state index in [0.29, 0.717) is 13.2 Å². The number of methoxy groups -OCH3 is 1. The molecule has 0 aromatic heterocycles. The monoisotopic (exact) mass is 206 g/mol. The third kappa shape index (κ3) is 7.26. The van der Waals surface area contributed by atoms with Crippen molar-refractivity contribution in [2.24, 2.45) is 0 Å². The Morgan fingerprint density at radius 1 is 1.21 bits per heavy atom. The van der Waals surface area contributed by atoms with E-state index in [4.69, 9.17) is 19.3 Å². The lowest BCUT2D eigenvalue weighted by molar-refractivity contribution is -0.212. The van der Waals surface area contributed by atoms with Crippen LogP contribution in [-0.2, 0) is 14.2 Å². The Hall–Kier alpha value is -0.160. The highest BCUT2D eigenvalue weighted by atomic mass is 16.7. The standard InChI is InChI=1S/C10H22O4/c1-8(11)6-13-9(2)7-14-10(3,4)12-5/h8-9,11H,6-7H2,1-5H3. The van der Waals surface area contributed by atoms with Gasteiger partial charge in [0.05, 0.1) is 25.4 Å². The fourth-order valence-corrected chi connectivity index (χ4v) is 0.729. The van der Waals surface area contributed by atoms with Crippen molar-refractivity contribution < 1.29 is 19.3 Å². The lowest BCUT2D eigenvalue weighted by Crippen LogP contribution is -2.31. The topological polar surface area (TPSA) is 47.9 Å². The first-order valence-corrected chi connectivity index (χ1v) is 4.86. The molecule has 0 saturated carbocycles. The molecule has 4 heteroatoms. The van der Waals surface area contributed by atoms with E-state index in [1.807, 2.05) is 20.8 Å². The van der Waals surface area contributed by atoms with Gasteiger partial charge in [-0.25, -0.2) is 0 Å². The van der Waals surface area contributed by atoms with Gasteiger partial charge in [0, 0.05) is 7.11 Å². The SMILES string of the molecule is COC(C)(C)OCC(C)OCC(C)O. The second kappa shape index (κ2) is 6.35. The Bertz CT molecular complexity index is 145. The van der Waals surface area contributed by atoms with Crippen molar-refractivity contribution in [3.63, 3.8) is 0 Å². The number of ether oxygens (including phenoxy) is 3. The van der Waals surface area contributed by atoms with Crippen LogP contribution in [0, 0.1) is 0 Å². The van der Waals surface area contributed by atoms with E-state index in [-0.39, 0.29) is 6.10 Å². The lowest BCUT2D eigenvalue weighted by atomic mass is 10.3. The second-order valence-corrected chi connectivity index (χ2v) is 3.91. The molecule has 14 heavy (non-hydrogen) atoms. The van der Waals surface area contributed by atoms with E-state index in [1.54, 1.807) is 14.0 Å². The summed E-state index contributed by atoms with van der Waals surface area (Å²) in [5, 5.41) is 8.99. The van der Waals surface area contributed by atoms with Crippen LogP contribution in [0.25, 0.3) is 0 Å². The van der Waals surface area contributed by atoms with E-state index in [1.165, 1.54) is 0 Å². The van der Waals surface area contributed by atoms with Gasteiger partial charge < -0.3 is 19.3 Å². The molecule has 0 aromatic rings. The zero-order valence-corrected chi connectivity index (χ0v) is 9.74. The maximum atomic E-state index is 8.99. The maximum Gasteiger partial charge on any atom is 0.162 e. The highest BCUT2D eigenvalue weighted by Crippen LogP contribution is 2.10. The molecule has 0 aromatic carbocycles. The minimum absolute atomic E-state index is 0.0426. The van der Waals surface area contributed by atoms with Crippen LogP contribution in [0.15, 0.2) is 0 Å². The van der Waals surface area contributed by atoms with Gasteiger partial charge in [0.2, 0.25) is 0 Å². The lowest BCUT2D eigenvalue weighted by Gasteiger charge is -2.25. The molecule has 0 saturated heterocycles. The van der Waals surface area contributed by atoms with Crippen molar-refractivity contribution in [2.45, 2.75) is 45.7 Å². The third-order valence-electron chi connectivity index (χ3n) is 1.78. The van der Waals surface area contributed by atoms with Crippen LogP contribution in [0.1, 0.15) is 27.7 Å². The molecule has 0 bridgehead atoms. The first kappa shape index (κ1) is 13.8. The van der Waals surface area contributed by atoms with Crippen molar-refractivity contribution in [2.75, 3.05) is 20.3 Å². The van der Waals surface area contributed by atoms with E-state index in [2.05, 4.69) is 0 Å². The molecule has 0 spiro atoms. The van der Waals surface area contributed by atoms with Gasteiger partial charge in [0.15, 0.2) is 5.79 Å². The van der Waals surface area contributed by atoms with Crippen LogP contribution in [0.5, 0.6) is 0 Å². The first-order valence-electron chi connectivity index (χ1n) is 4.86. The Balaban J connectivity index is 3.58. The highest BCUT2D eigenvalue weighted by Gasteiger charge is 2.18. The van der Waals surface area contributed by atoms with Gasteiger partial charge in [0.1, 0.15) is 0 Å². The number of rotatable bonds is 7. The zero-order chi connectivity index (χ0) is 11.2. The molecule has 0 radical (unpaired) electrons. The predicted octanol–water partition coefficient (Wildman–Crippen LogP) is 1.17. The van der Waals surface area contributed by atoms with Gasteiger partial charge in [-0.05, 0) is 27.7 Å². The third-order valence-corrected chi connectivity index (χ3v) is 1.78. The van der Waals surface area contributed by atoms with Gasteiger partial charge in [-0.15, -0.1) is 0 Å². The fraction of sp³-hybridized carbons (Fsp3) is 1.00. The van der Waals surface area contributed by atoms with Gasteiger partial charge in [-0.2, -0.15) is 0 Å². The summed E-state index contributed by atoms with van der Waals surface area (Å²) in [6, 6.07) is 0. The average molecular weight is 206 g/mol. The van der Waals surface area contributed by atoms with Crippen LogP contribution < -0.4 is 0 Å². The minimum Gasteiger partial charge on any atom is -0.391 e. The molecule has 86 valence electrons. The quantitative estimate of drug-likeness (QED) is 0.635. The van der Waals surface area contributed by atoms with E-state index < -0.39 is 11.9 Å². The summed E-state index contributed by atoms with van der Waals surface area (Å²) in [5.41, 5.74) is 0. The molecule has 2 unspecified atom stereocenters. The van der Waals surface area contributed by atoms with Crippen molar-refractivity contribution >= 4 is 0 Å². The van der Waals surface area contributed by atoms with Gasteiger partial charge >= 0.3 is 0 Å². The minimum atomic E-state index is -0.581. The molecule has 0 fully saturated rings. The van der Waals surface area contributed by atoms with Crippen LogP contribution in [0.3, 0.4) is 0 Å².